The number of rotatable bonds is 5. The Morgan fingerprint density at radius 2 is 2.29 bits per heavy atom. The molecule has 0 aliphatic carbocycles. The van der Waals surface area contributed by atoms with E-state index in [1.54, 1.807) is 17.0 Å². The van der Waals surface area contributed by atoms with E-state index in [0.717, 1.165) is 5.56 Å². The van der Waals surface area contributed by atoms with Crippen LogP contribution in [0.25, 0.3) is 0 Å². The highest BCUT2D eigenvalue weighted by Gasteiger charge is 2.32. The van der Waals surface area contributed by atoms with Gasteiger partial charge in [-0.3, -0.25) is 9.59 Å². The van der Waals surface area contributed by atoms with Gasteiger partial charge >= 0.3 is 0 Å². The summed E-state index contributed by atoms with van der Waals surface area (Å²) in [6.07, 6.45) is 0.260. The number of nitrogens with zero attached hydrogens (tertiary/aromatic N) is 1. The quantitative estimate of drug-likeness (QED) is 0.908. The molecule has 0 saturated carbocycles. The molecule has 114 valence electrons. The largest absolute Gasteiger partial charge is 0.354 e. The summed E-state index contributed by atoms with van der Waals surface area (Å²) in [5.74, 6) is -0.0308. The topological polar surface area (TPSA) is 49.4 Å². The summed E-state index contributed by atoms with van der Waals surface area (Å²) in [6, 6.07) is 6.35. The first-order valence-corrected chi connectivity index (χ1v) is 7.98. The Morgan fingerprint density at radius 1 is 1.52 bits per heavy atom. The van der Waals surface area contributed by atoms with Crippen LogP contribution in [0.4, 0.5) is 4.39 Å². The van der Waals surface area contributed by atoms with Gasteiger partial charge in [0.05, 0.1) is 5.75 Å². The normalized spacial score (nSPS) is 18.4. The highest BCUT2D eigenvalue weighted by molar-refractivity contribution is 8.00. The van der Waals surface area contributed by atoms with Gasteiger partial charge in [-0.15, -0.1) is 11.8 Å². The van der Waals surface area contributed by atoms with E-state index in [1.165, 1.54) is 23.9 Å². The maximum atomic E-state index is 13.3. The lowest BCUT2D eigenvalue weighted by atomic mass is 10.2. The number of nitrogens with one attached hydrogen (secondary N) is 1. The van der Waals surface area contributed by atoms with Crippen LogP contribution < -0.4 is 5.32 Å². The van der Waals surface area contributed by atoms with Crippen molar-refractivity contribution in [3.8, 4) is 0 Å². The molecular weight excluding hydrogens is 291 g/mol. The summed E-state index contributed by atoms with van der Waals surface area (Å²) >= 11 is 1.46. The minimum Gasteiger partial charge on any atom is -0.354 e. The van der Waals surface area contributed by atoms with Crippen LogP contribution in [0.3, 0.4) is 0 Å². The summed E-state index contributed by atoms with van der Waals surface area (Å²) < 4.78 is 13.3. The molecule has 0 unspecified atom stereocenters. The molecular formula is C15H19FN2O2S. The molecule has 1 aromatic rings. The predicted octanol–water partition coefficient (Wildman–Crippen LogP) is 2.31. The van der Waals surface area contributed by atoms with Gasteiger partial charge in [0, 0.05) is 19.0 Å². The van der Waals surface area contributed by atoms with Gasteiger partial charge in [0.15, 0.2) is 0 Å². The van der Waals surface area contributed by atoms with Gasteiger partial charge in [0.2, 0.25) is 11.8 Å². The van der Waals surface area contributed by atoms with E-state index < -0.39 is 0 Å². The lowest BCUT2D eigenvalue weighted by Gasteiger charge is -2.24. The van der Waals surface area contributed by atoms with Crippen LogP contribution in [0.5, 0.6) is 0 Å². The summed E-state index contributed by atoms with van der Waals surface area (Å²) in [7, 11) is 0. The third kappa shape index (κ3) is 4.20. The molecule has 1 atom stereocenters. The fourth-order valence-corrected chi connectivity index (χ4v) is 3.46. The first-order chi connectivity index (χ1) is 9.97. The highest BCUT2D eigenvalue weighted by atomic mass is 32.2. The van der Waals surface area contributed by atoms with Crippen molar-refractivity contribution >= 4 is 23.6 Å². The minimum atomic E-state index is -0.315. The maximum absolute atomic E-state index is 13.3. The summed E-state index contributed by atoms with van der Waals surface area (Å²) in [5, 5.41) is 2.59. The molecule has 0 bridgehead atoms. The highest BCUT2D eigenvalue weighted by Crippen LogP contribution is 2.38. The van der Waals surface area contributed by atoms with Crippen LogP contribution in [0, 0.1) is 5.82 Å². The molecule has 0 aromatic heterocycles. The second kappa shape index (κ2) is 6.93. The molecule has 21 heavy (non-hydrogen) atoms. The van der Waals surface area contributed by atoms with E-state index in [2.05, 4.69) is 5.32 Å². The summed E-state index contributed by atoms with van der Waals surface area (Å²) in [6.45, 7) is 4.14. The molecule has 4 nitrogen and oxygen atoms in total. The Bertz CT molecular complexity index is 536. The van der Waals surface area contributed by atoms with Crippen molar-refractivity contribution in [2.45, 2.75) is 31.7 Å². The Balaban J connectivity index is 2.02. The van der Waals surface area contributed by atoms with Gasteiger partial charge in [0.25, 0.3) is 0 Å². The molecule has 0 radical (unpaired) electrons. The molecule has 1 fully saturated rings. The molecule has 1 aliphatic rings. The number of amides is 2. The van der Waals surface area contributed by atoms with E-state index in [-0.39, 0.29) is 35.5 Å². The van der Waals surface area contributed by atoms with E-state index in [4.69, 9.17) is 0 Å². The third-order valence-electron chi connectivity index (χ3n) is 3.13. The van der Waals surface area contributed by atoms with Crippen LogP contribution >= 0.6 is 11.8 Å². The van der Waals surface area contributed by atoms with Crippen LogP contribution in [-0.4, -0.2) is 35.1 Å². The number of hydrogen-bond acceptors (Lipinski definition) is 3. The zero-order chi connectivity index (χ0) is 15.4. The SMILES string of the molecule is CC(C)NC(=O)CCN1C(=O)CS[C@H]1c1cccc(F)c1. The summed E-state index contributed by atoms with van der Waals surface area (Å²) in [4.78, 5) is 25.3. The molecule has 6 heteroatoms. The zero-order valence-corrected chi connectivity index (χ0v) is 13.0. The number of benzene rings is 1. The van der Waals surface area contributed by atoms with Crippen molar-refractivity contribution < 1.29 is 14.0 Å². The second-order valence-electron chi connectivity index (χ2n) is 5.28. The van der Waals surface area contributed by atoms with Crippen molar-refractivity contribution in [3.05, 3.63) is 35.6 Å². The van der Waals surface area contributed by atoms with Crippen LogP contribution in [0.1, 0.15) is 31.2 Å². The second-order valence-corrected chi connectivity index (χ2v) is 6.35. The maximum Gasteiger partial charge on any atom is 0.233 e. The third-order valence-corrected chi connectivity index (χ3v) is 4.39. The van der Waals surface area contributed by atoms with Gasteiger partial charge in [-0.2, -0.15) is 0 Å². The fraction of sp³-hybridized carbons (Fsp3) is 0.467. The standard InChI is InChI=1S/C15H19FN2O2S/c1-10(2)17-13(19)6-7-18-14(20)9-21-15(18)11-4-3-5-12(16)8-11/h3-5,8,10,15H,6-7,9H2,1-2H3,(H,17,19)/t15-/m0/s1. The minimum absolute atomic E-state index is 0.00777. The number of carbonyl (C=O) groups is 2. The molecule has 1 heterocycles. The molecule has 0 spiro atoms. The fourth-order valence-electron chi connectivity index (χ4n) is 2.25. The summed E-state index contributed by atoms with van der Waals surface area (Å²) in [5.41, 5.74) is 0.759. The average molecular weight is 310 g/mol. The molecule has 2 rings (SSSR count). The van der Waals surface area contributed by atoms with Gasteiger partial charge in [-0.1, -0.05) is 12.1 Å². The van der Waals surface area contributed by atoms with Crippen molar-refractivity contribution in [3.63, 3.8) is 0 Å². The number of halogens is 1. The zero-order valence-electron chi connectivity index (χ0n) is 12.1. The van der Waals surface area contributed by atoms with Crippen LogP contribution in [-0.2, 0) is 9.59 Å². The monoisotopic (exact) mass is 310 g/mol. The Kier molecular flexibility index (Phi) is 5.22. The lowest BCUT2D eigenvalue weighted by molar-refractivity contribution is -0.129. The van der Waals surface area contributed by atoms with Crippen LogP contribution in [0.15, 0.2) is 24.3 Å². The van der Waals surface area contributed by atoms with Crippen LogP contribution in [0.2, 0.25) is 0 Å². The molecule has 1 aromatic carbocycles. The van der Waals surface area contributed by atoms with Gasteiger partial charge < -0.3 is 10.2 Å². The van der Waals surface area contributed by atoms with Gasteiger partial charge in [-0.05, 0) is 31.5 Å². The van der Waals surface area contributed by atoms with Gasteiger partial charge in [0.1, 0.15) is 11.2 Å². The van der Waals surface area contributed by atoms with Gasteiger partial charge in [-0.25, -0.2) is 4.39 Å². The van der Waals surface area contributed by atoms with Crippen molar-refractivity contribution in [1.29, 1.82) is 0 Å². The van der Waals surface area contributed by atoms with Crippen molar-refractivity contribution in [2.75, 3.05) is 12.3 Å². The van der Waals surface area contributed by atoms with E-state index in [0.29, 0.717) is 12.3 Å². The lowest BCUT2D eigenvalue weighted by Crippen LogP contribution is -2.35. The van der Waals surface area contributed by atoms with E-state index in [9.17, 15) is 14.0 Å². The molecule has 2 amide bonds. The van der Waals surface area contributed by atoms with Crippen molar-refractivity contribution in [1.82, 2.24) is 10.2 Å². The number of thioether (sulfide) groups is 1. The van der Waals surface area contributed by atoms with E-state index >= 15 is 0 Å². The number of hydrogen-bond donors (Lipinski definition) is 1. The predicted molar refractivity (Wildman–Crippen MR) is 81.2 cm³/mol. The Hall–Kier alpha value is -1.56. The average Bonchev–Trinajstić information content (AvgIpc) is 2.77. The smallest absolute Gasteiger partial charge is 0.233 e. The molecule has 1 saturated heterocycles. The Labute approximate surface area is 128 Å². The Morgan fingerprint density at radius 3 is 2.95 bits per heavy atom. The van der Waals surface area contributed by atoms with Crippen molar-refractivity contribution in [2.24, 2.45) is 0 Å². The van der Waals surface area contributed by atoms with E-state index in [1.807, 2.05) is 13.8 Å². The molecule has 1 N–H and O–H groups in total. The number of carbonyl (C=O) groups excluding carboxylic acids is 2. The first kappa shape index (κ1) is 15.8. The molecule has 1 aliphatic heterocycles. The first-order valence-electron chi connectivity index (χ1n) is 6.93.